The fraction of sp³-hybridized carbons (Fsp3) is 0.636. The van der Waals surface area contributed by atoms with E-state index in [0.717, 1.165) is 0 Å². The maximum atomic E-state index is 2.72. The van der Waals surface area contributed by atoms with Crippen molar-refractivity contribution in [1.29, 1.82) is 0 Å². The molecule has 0 atom stereocenters. The van der Waals surface area contributed by atoms with Crippen LogP contribution in [0.5, 0.6) is 0 Å². The summed E-state index contributed by atoms with van der Waals surface area (Å²) >= 11 is 0. The number of hydrogen-bond donors (Lipinski definition) is 0. The fourth-order valence-corrected chi connectivity index (χ4v) is 99.2. The van der Waals surface area contributed by atoms with E-state index in [9.17, 15) is 0 Å². The Hall–Kier alpha value is -0.172. The van der Waals surface area contributed by atoms with E-state index in [1.165, 1.54) is 0 Å². The van der Waals surface area contributed by atoms with E-state index in [-0.39, 0.29) is 0 Å². The van der Waals surface area contributed by atoms with Crippen molar-refractivity contribution in [2.24, 2.45) is 0 Å². The van der Waals surface area contributed by atoms with Crippen LogP contribution in [0.2, 0.25) is 39.3 Å². The molecule has 146 valence electrons. The maximum Gasteiger partial charge on any atom is 0.101 e. The summed E-state index contributed by atoms with van der Waals surface area (Å²) in [5.41, 5.74) is 6.63. The standard InChI is InChI=1S/C22H42Si4/c1-15-16(2)20(6)25(19(15)5,23(9,10)11)26(24(12,13)14)21(7)17(3)18(4)22(26)8/h1-14H3. The molecule has 0 aromatic heterocycles. The molecule has 0 bridgehead atoms. The van der Waals surface area contributed by atoms with Crippen LogP contribution >= 0.6 is 0 Å². The van der Waals surface area contributed by atoms with Crippen molar-refractivity contribution in [2.45, 2.75) is 94.7 Å². The lowest BCUT2D eigenvalue weighted by Gasteiger charge is -2.60. The molecule has 0 spiro atoms. The van der Waals surface area contributed by atoms with Crippen LogP contribution in [0.1, 0.15) is 55.4 Å². The molecular formula is C22H42Si4. The average Bonchev–Trinajstić information content (AvgIpc) is 2.77. The van der Waals surface area contributed by atoms with E-state index in [2.05, 4.69) is 94.7 Å². The number of allylic oxidation sites excluding steroid dienone is 8. The Morgan fingerprint density at radius 3 is 0.654 bits per heavy atom. The van der Waals surface area contributed by atoms with Gasteiger partial charge < -0.3 is 0 Å². The predicted molar refractivity (Wildman–Crippen MR) is 132 cm³/mol. The molecule has 0 unspecified atom stereocenters. The molecule has 0 N–H and O–H groups in total. The van der Waals surface area contributed by atoms with E-state index in [1.807, 2.05) is 20.8 Å². The summed E-state index contributed by atoms with van der Waals surface area (Å²) in [6.45, 7) is 36.3. The Kier molecular flexibility index (Phi) is 5.24. The SMILES string of the molecule is CC1=C(C)[Si]([Si](C)(C)C)([Si]2([Si](C)(C)C)C(C)=C(C)C(C)=C2C)C(C)=C1C. The van der Waals surface area contributed by atoms with Gasteiger partial charge in [-0.25, -0.2) is 0 Å². The molecule has 0 nitrogen and oxygen atoms in total. The van der Waals surface area contributed by atoms with Crippen LogP contribution in [0.15, 0.2) is 43.1 Å². The van der Waals surface area contributed by atoms with E-state index < -0.39 is 29.4 Å². The summed E-state index contributed by atoms with van der Waals surface area (Å²) < 4.78 is 0. The highest BCUT2D eigenvalue weighted by Gasteiger charge is 2.72. The molecule has 2 heterocycles. The summed E-state index contributed by atoms with van der Waals surface area (Å²) in [5.74, 6) is 0. The van der Waals surface area contributed by atoms with Gasteiger partial charge in [0.05, 0.1) is 0 Å². The van der Waals surface area contributed by atoms with Crippen molar-refractivity contribution >= 4 is 29.4 Å². The quantitative estimate of drug-likeness (QED) is 0.421. The van der Waals surface area contributed by atoms with E-state index in [0.29, 0.717) is 0 Å². The minimum Gasteiger partial charge on any atom is -0.0803 e. The van der Waals surface area contributed by atoms with Crippen molar-refractivity contribution in [3.05, 3.63) is 43.1 Å². The summed E-state index contributed by atoms with van der Waals surface area (Å²) in [6.07, 6.45) is 0. The predicted octanol–water partition coefficient (Wildman–Crippen LogP) is 7.33. The highest BCUT2D eigenvalue weighted by Crippen LogP contribution is 2.58. The molecule has 4 heteroatoms. The molecule has 2 aliphatic rings. The van der Waals surface area contributed by atoms with Gasteiger partial charge in [-0.1, -0.05) is 82.4 Å². The molecule has 26 heavy (non-hydrogen) atoms. The highest BCUT2D eigenvalue weighted by atomic mass is 29.8. The normalized spacial score (nSPS) is 23.8. The summed E-state index contributed by atoms with van der Waals surface area (Å²) in [6, 6.07) is 0. The maximum absolute atomic E-state index is 2.72. The second kappa shape index (κ2) is 6.16. The third-order valence-corrected chi connectivity index (χ3v) is 68.4. The lowest BCUT2D eigenvalue weighted by atomic mass is 10.1. The van der Waals surface area contributed by atoms with Crippen molar-refractivity contribution in [1.82, 2.24) is 0 Å². The second-order valence-electron chi connectivity index (χ2n) is 11.0. The number of hydrogen-bond acceptors (Lipinski definition) is 0. The van der Waals surface area contributed by atoms with Crippen LogP contribution in [0, 0.1) is 0 Å². The lowest BCUT2D eigenvalue weighted by Crippen LogP contribution is -2.84. The van der Waals surface area contributed by atoms with Crippen LogP contribution in [-0.2, 0) is 0 Å². The molecule has 0 aromatic rings. The minimum atomic E-state index is -1.75. The zero-order valence-electron chi connectivity index (χ0n) is 20.0. The molecule has 2 aliphatic heterocycles. The van der Waals surface area contributed by atoms with Gasteiger partial charge in [-0.2, -0.15) is 0 Å². The third-order valence-electron chi connectivity index (χ3n) is 8.44. The molecule has 0 amide bonds. The van der Waals surface area contributed by atoms with Crippen molar-refractivity contribution in [2.75, 3.05) is 0 Å². The third kappa shape index (κ3) is 2.22. The summed E-state index contributed by atoms with van der Waals surface area (Å²) in [7, 11) is -6.34. The van der Waals surface area contributed by atoms with E-state index in [1.54, 1.807) is 22.3 Å². The van der Waals surface area contributed by atoms with Gasteiger partial charge in [0.1, 0.15) is 14.2 Å². The van der Waals surface area contributed by atoms with Gasteiger partial charge in [0.15, 0.2) is 0 Å². The van der Waals surface area contributed by atoms with Gasteiger partial charge in [-0.3, -0.25) is 0 Å². The van der Waals surface area contributed by atoms with E-state index in [4.69, 9.17) is 0 Å². The topological polar surface area (TPSA) is 0 Å². The van der Waals surface area contributed by atoms with Gasteiger partial charge >= 0.3 is 0 Å². The highest BCUT2D eigenvalue weighted by molar-refractivity contribution is 7.90. The van der Waals surface area contributed by atoms with Gasteiger partial charge in [-0.15, -0.1) is 0 Å². The monoisotopic (exact) mass is 418 g/mol. The number of rotatable bonds is 3. The zero-order chi connectivity index (χ0) is 20.6. The summed E-state index contributed by atoms with van der Waals surface area (Å²) in [5, 5.41) is 7.51. The van der Waals surface area contributed by atoms with Crippen molar-refractivity contribution in [3.63, 3.8) is 0 Å². The molecule has 0 fully saturated rings. The molecular weight excluding hydrogens is 377 g/mol. The minimum absolute atomic E-state index is 1.42. The first-order valence-corrected chi connectivity index (χ1v) is 24.2. The fourth-order valence-electron chi connectivity index (χ4n) is 7.31. The van der Waals surface area contributed by atoms with Gasteiger partial charge in [0, 0.05) is 15.2 Å². The zero-order valence-corrected chi connectivity index (χ0v) is 24.0. The van der Waals surface area contributed by atoms with Crippen molar-refractivity contribution in [3.8, 4) is 0 Å². The Morgan fingerprint density at radius 2 is 0.538 bits per heavy atom. The Morgan fingerprint density at radius 1 is 0.385 bits per heavy atom. The first kappa shape index (κ1) is 22.1. The Labute approximate surface area is 167 Å². The van der Waals surface area contributed by atoms with Crippen molar-refractivity contribution < 1.29 is 0 Å². The Bertz CT molecular complexity index is 673. The van der Waals surface area contributed by atoms with E-state index >= 15 is 0 Å². The molecule has 0 aromatic carbocycles. The molecule has 0 saturated carbocycles. The lowest BCUT2D eigenvalue weighted by molar-refractivity contribution is 1.31. The van der Waals surface area contributed by atoms with Crippen LogP contribution in [0.25, 0.3) is 0 Å². The van der Waals surface area contributed by atoms with Gasteiger partial charge in [-0.05, 0) is 55.4 Å². The second-order valence-corrected chi connectivity index (χ2v) is 47.0. The Balaban J connectivity index is 3.22. The van der Waals surface area contributed by atoms with Gasteiger partial charge in [0.25, 0.3) is 0 Å². The van der Waals surface area contributed by atoms with Gasteiger partial charge in [0.2, 0.25) is 0 Å². The molecule has 0 aliphatic carbocycles. The largest absolute Gasteiger partial charge is 0.101 e. The van der Waals surface area contributed by atoms with Crippen LogP contribution in [0.3, 0.4) is 0 Å². The van der Waals surface area contributed by atoms with Crippen LogP contribution < -0.4 is 0 Å². The molecule has 0 radical (unpaired) electrons. The average molecular weight is 419 g/mol. The van der Waals surface area contributed by atoms with Crippen LogP contribution in [-0.4, -0.2) is 29.4 Å². The first-order chi connectivity index (χ1) is 11.5. The summed E-state index contributed by atoms with van der Waals surface area (Å²) in [4.78, 5) is 0. The molecule has 2 rings (SSSR count). The molecule has 0 saturated heterocycles. The first-order valence-electron chi connectivity index (χ1n) is 10.2. The smallest absolute Gasteiger partial charge is 0.0803 e. The van der Waals surface area contributed by atoms with Crippen LogP contribution in [0.4, 0.5) is 0 Å².